The second-order valence-electron chi connectivity index (χ2n) is 5.83. The largest absolute Gasteiger partial charge is 0.359 e. The van der Waals surface area contributed by atoms with E-state index in [0.717, 1.165) is 38.8 Å². The highest BCUT2D eigenvalue weighted by Gasteiger charge is 2.11. The predicted molar refractivity (Wildman–Crippen MR) is 93.6 cm³/mol. The Labute approximate surface area is 138 Å². The first-order chi connectivity index (χ1) is 11.7. The van der Waals surface area contributed by atoms with E-state index in [1.165, 1.54) is 0 Å². The summed E-state index contributed by atoms with van der Waals surface area (Å²) in [5.41, 5.74) is 4.88. The SMILES string of the molecule is CNC(=O)Cc1cccc(-c2cc3c(ncc4cnn(C)c43)[nH]2)c1. The number of nitrogens with one attached hydrogen (secondary N) is 2. The highest BCUT2D eigenvalue weighted by atomic mass is 16.1. The highest BCUT2D eigenvalue weighted by molar-refractivity contribution is 6.04. The highest BCUT2D eigenvalue weighted by Crippen LogP contribution is 2.28. The molecule has 0 aliphatic heterocycles. The Kier molecular flexibility index (Phi) is 3.30. The van der Waals surface area contributed by atoms with Crippen molar-refractivity contribution < 1.29 is 4.79 Å². The number of aromatic amines is 1. The molecule has 4 rings (SSSR count). The van der Waals surface area contributed by atoms with Gasteiger partial charge in [-0.25, -0.2) is 4.98 Å². The summed E-state index contributed by atoms with van der Waals surface area (Å²) in [5, 5.41) is 9.01. The van der Waals surface area contributed by atoms with Crippen LogP contribution in [0, 0.1) is 0 Å². The second-order valence-corrected chi connectivity index (χ2v) is 5.83. The molecule has 0 saturated heterocycles. The van der Waals surface area contributed by atoms with Gasteiger partial charge in [-0.3, -0.25) is 9.48 Å². The summed E-state index contributed by atoms with van der Waals surface area (Å²) in [5.74, 6) is 0.00190. The fraction of sp³-hybridized carbons (Fsp3) is 0.167. The van der Waals surface area contributed by atoms with Gasteiger partial charge in [0.15, 0.2) is 0 Å². The molecule has 3 aromatic heterocycles. The van der Waals surface area contributed by atoms with Gasteiger partial charge in [-0.05, 0) is 23.3 Å². The number of likely N-dealkylation sites (N-methyl/N-ethyl adjacent to an activating group) is 1. The van der Waals surface area contributed by atoms with Crippen LogP contribution in [0.4, 0.5) is 0 Å². The van der Waals surface area contributed by atoms with E-state index in [2.05, 4.69) is 26.4 Å². The third-order valence-electron chi connectivity index (χ3n) is 4.23. The Bertz CT molecular complexity index is 1060. The first-order valence-electron chi connectivity index (χ1n) is 7.75. The van der Waals surface area contributed by atoms with E-state index in [1.54, 1.807) is 7.05 Å². The van der Waals surface area contributed by atoms with Crippen molar-refractivity contribution in [2.75, 3.05) is 7.05 Å². The smallest absolute Gasteiger partial charge is 0.224 e. The molecule has 0 aliphatic rings. The standard InChI is InChI=1S/C18H17N5O/c1-19-16(24)7-11-4-3-5-12(6-11)15-8-14-17-13(10-21-23(17)2)9-20-18(14)22-15/h3-6,8-10H,7H2,1-2H3,(H,19,24)(H,20,22). The second kappa shape index (κ2) is 5.49. The van der Waals surface area contributed by atoms with Gasteiger partial charge in [0.25, 0.3) is 0 Å². The van der Waals surface area contributed by atoms with Crippen molar-refractivity contribution in [3.05, 3.63) is 48.3 Å². The van der Waals surface area contributed by atoms with Gasteiger partial charge in [0.2, 0.25) is 5.91 Å². The third-order valence-corrected chi connectivity index (χ3v) is 4.23. The normalized spacial score (nSPS) is 11.2. The molecule has 0 radical (unpaired) electrons. The predicted octanol–water partition coefficient (Wildman–Crippen LogP) is 2.41. The number of benzene rings is 1. The molecule has 0 unspecified atom stereocenters. The maximum absolute atomic E-state index is 11.6. The van der Waals surface area contributed by atoms with Gasteiger partial charge in [0, 0.05) is 36.8 Å². The summed E-state index contributed by atoms with van der Waals surface area (Å²) in [6, 6.07) is 10.1. The number of hydrogen-bond donors (Lipinski definition) is 2. The number of fused-ring (bicyclic) bond motifs is 3. The summed E-state index contributed by atoms with van der Waals surface area (Å²) in [6.07, 6.45) is 4.01. The molecule has 3 heterocycles. The third kappa shape index (κ3) is 2.32. The van der Waals surface area contributed by atoms with Crippen LogP contribution in [0.25, 0.3) is 33.2 Å². The quantitative estimate of drug-likeness (QED) is 0.609. The van der Waals surface area contributed by atoms with Crippen LogP contribution in [0.2, 0.25) is 0 Å². The first-order valence-corrected chi connectivity index (χ1v) is 7.75. The van der Waals surface area contributed by atoms with E-state index in [-0.39, 0.29) is 5.91 Å². The molecular weight excluding hydrogens is 302 g/mol. The Morgan fingerprint density at radius 2 is 2.17 bits per heavy atom. The van der Waals surface area contributed by atoms with Gasteiger partial charge in [-0.15, -0.1) is 0 Å². The molecule has 0 spiro atoms. The van der Waals surface area contributed by atoms with Crippen LogP contribution in [0.1, 0.15) is 5.56 Å². The number of amides is 1. The van der Waals surface area contributed by atoms with Crippen molar-refractivity contribution in [3.63, 3.8) is 0 Å². The Morgan fingerprint density at radius 3 is 3.00 bits per heavy atom. The lowest BCUT2D eigenvalue weighted by atomic mass is 10.1. The topological polar surface area (TPSA) is 75.6 Å². The van der Waals surface area contributed by atoms with Gasteiger partial charge in [0.1, 0.15) is 5.65 Å². The summed E-state index contributed by atoms with van der Waals surface area (Å²) in [4.78, 5) is 19.4. The van der Waals surface area contributed by atoms with E-state index in [4.69, 9.17) is 0 Å². The summed E-state index contributed by atoms with van der Waals surface area (Å²) in [6.45, 7) is 0. The van der Waals surface area contributed by atoms with Crippen LogP contribution in [0.15, 0.2) is 42.7 Å². The van der Waals surface area contributed by atoms with E-state index >= 15 is 0 Å². The molecule has 0 saturated carbocycles. The number of aromatic nitrogens is 4. The Morgan fingerprint density at radius 1 is 1.29 bits per heavy atom. The first kappa shape index (κ1) is 14.4. The fourth-order valence-electron chi connectivity index (χ4n) is 3.02. The van der Waals surface area contributed by atoms with E-state index in [0.29, 0.717) is 6.42 Å². The lowest BCUT2D eigenvalue weighted by Gasteiger charge is -2.03. The lowest BCUT2D eigenvalue weighted by molar-refractivity contribution is -0.119. The van der Waals surface area contributed by atoms with Crippen LogP contribution < -0.4 is 5.32 Å². The summed E-state index contributed by atoms with van der Waals surface area (Å²) < 4.78 is 1.86. The molecule has 0 bridgehead atoms. The van der Waals surface area contributed by atoms with Crippen molar-refractivity contribution in [1.29, 1.82) is 0 Å². The van der Waals surface area contributed by atoms with Crippen molar-refractivity contribution in [3.8, 4) is 11.3 Å². The van der Waals surface area contributed by atoms with Crippen LogP contribution >= 0.6 is 0 Å². The maximum atomic E-state index is 11.6. The number of carbonyl (C=O) groups is 1. The average molecular weight is 319 g/mol. The lowest BCUT2D eigenvalue weighted by Crippen LogP contribution is -2.19. The molecular formula is C18H17N5O. The minimum atomic E-state index is 0.00190. The molecule has 0 fully saturated rings. The van der Waals surface area contributed by atoms with Crippen LogP contribution in [-0.4, -0.2) is 32.7 Å². The minimum absolute atomic E-state index is 0.00190. The molecule has 120 valence electrons. The van der Waals surface area contributed by atoms with Crippen LogP contribution in [-0.2, 0) is 18.3 Å². The fourth-order valence-corrected chi connectivity index (χ4v) is 3.02. The molecule has 0 aliphatic carbocycles. The Hall–Kier alpha value is -3.15. The zero-order valence-corrected chi connectivity index (χ0v) is 13.5. The molecule has 4 aromatic rings. The van der Waals surface area contributed by atoms with Crippen molar-refractivity contribution in [2.24, 2.45) is 7.05 Å². The maximum Gasteiger partial charge on any atom is 0.224 e. The zero-order chi connectivity index (χ0) is 16.7. The molecule has 24 heavy (non-hydrogen) atoms. The zero-order valence-electron chi connectivity index (χ0n) is 13.5. The van der Waals surface area contributed by atoms with Crippen molar-refractivity contribution >= 4 is 27.8 Å². The van der Waals surface area contributed by atoms with Crippen LogP contribution in [0.3, 0.4) is 0 Å². The summed E-state index contributed by atoms with van der Waals surface area (Å²) >= 11 is 0. The molecule has 6 heteroatoms. The van der Waals surface area contributed by atoms with E-state index in [9.17, 15) is 4.79 Å². The van der Waals surface area contributed by atoms with Gasteiger partial charge in [-0.1, -0.05) is 18.2 Å². The van der Waals surface area contributed by atoms with Gasteiger partial charge < -0.3 is 10.3 Å². The molecule has 6 nitrogen and oxygen atoms in total. The number of carbonyl (C=O) groups excluding carboxylic acids is 1. The van der Waals surface area contributed by atoms with Gasteiger partial charge >= 0.3 is 0 Å². The number of aryl methyl sites for hydroxylation is 1. The van der Waals surface area contributed by atoms with Crippen LogP contribution in [0.5, 0.6) is 0 Å². The summed E-state index contributed by atoms with van der Waals surface area (Å²) in [7, 11) is 3.58. The minimum Gasteiger partial charge on any atom is -0.359 e. The number of pyridine rings is 1. The van der Waals surface area contributed by atoms with Gasteiger partial charge in [0.05, 0.1) is 18.1 Å². The van der Waals surface area contributed by atoms with Crippen molar-refractivity contribution in [1.82, 2.24) is 25.1 Å². The molecule has 0 atom stereocenters. The Balaban J connectivity index is 1.82. The van der Waals surface area contributed by atoms with Gasteiger partial charge in [-0.2, -0.15) is 5.10 Å². The number of H-pyrrole nitrogens is 1. The molecule has 2 N–H and O–H groups in total. The van der Waals surface area contributed by atoms with E-state index in [1.807, 2.05) is 48.4 Å². The monoisotopic (exact) mass is 319 g/mol. The van der Waals surface area contributed by atoms with Crippen molar-refractivity contribution in [2.45, 2.75) is 6.42 Å². The number of rotatable bonds is 3. The molecule has 1 amide bonds. The number of nitrogens with zero attached hydrogens (tertiary/aromatic N) is 3. The van der Waals surface area contributed by atoms with E-state index < -0.39 is 0 Å². The molecule has 1 aromatic carbocycles. The number of hydrogen-bond acceptors (Lipinski definition) is 3. The average Bonchev–Trinajstić information content (AvgIpc) is 3.18.